The highest BCUT2D eigenvalue weighted by molar-refractivity contribution is 7.55. The van der Waals surface area contributed by atoms with E-state index in [-0.39, 0.29) is 55.4 Å². The maximum Gasteiger partial charge on any atom is 0.530 e. The number of anilines is 2. The van der Waals surface area contributed by atoms with Gasteiger partial charge in [-0.1, -0.05) is 126 Å². The average molecular weight is 1490 g/mol. The lowest BCUT2D eigenvalue weighted by Gasteiger charge is -2.29. The fraction of sp³-hybridized carbons (Fsp3) is 0.545. The monoisotopic (exact) mass is 1490 g/mol. The Labute approximate surface area is 600 Å². The number of phosphoric ester groups is 1. The Morgan fingerprint density at radius 2 is 1.01 bits per heavy atom. The van der Waals surface area contributed by atoms with Crippen molar-refractivity contribution in [3.8, 4) is 23.6 Å². The standard InChI is InChI=1S/C31H41ClN5O8P.C15H17N5O4.C10H8ClN6O2P.C10H22O2/c1-4-5-6-7-8-11-16-39-17-18-40-46(38,45-24-13-10-9-12-22(24)32)41-19-25-27-28(44-30(2,3)43-27)31(20-33,42-25)26-15-14-23-29(34)35-21-36-37(23)26;1-14(2)23-11-9(5-21)22-15(6-16,12(11)24-14)10-4-3-8-13(17)18-7-19-20(8)10;11-9-3-1-2-4-10(9)19-20(18,16-7-12-5-14-16)17-8-13-6-15-17;1-2-3-4-5-6-7-9-12-10-8-11/h9-10,12-15,21,25,27-28H,4-8,11,16-19H2,1-3H3,(H2,34,35,36);3-4,7,9,11-12,21H,5H2,1-2H3,(H2,17,18,19);1-8H;11H,2-10H2,1H3/t25-,27-,28-,31+,46?;9-,11-,12-,15+;;/m11../s1. The minimum absolute atomic E-state index is 0.0544. The normalized spacial score (nSPS) is 22.8. The van der Waals surface area contributed by atoms with Gasteiger partial charge in [-0.3, -0.25) is 9.05 Å². The molecule has 0 amide bonds. The van der Waals surface area contributed by atoms with Crippen molar-refractivity contribution in [1.82, 2.24) is 58.3 Å². The van der Waals surface area contributed by atoms with Crippen LogP contribution >= 0.6 is 38.7 Å². The molecule has 4 aliphatic heterocycles. The summed E-state index contributed by atoms with van der Waals surface area (Å²) < 4.78 is 102. The number of nitriles is 2. The fourth-order valence-electron chi connectivity index (χ4n) is 11.8. The van der Waals surface area contributed by atoms with Crippen LogP contribution in [0.3, 0.4) is 0 Å². The number of phosphoric acid groups is 1. The first-order chi connectivity index (χ1) is 49.1. The summed E-state index contributed by atoms with van der Waals surface area (Å²) in [5.74, 6) is -1.03. The zero-order valence-electron chi connectivity index (χ0n) is 57.7. The molecule has 9 atom stereocenters. The summed E-state index contributed by atoms with van der Waals surface area (Å²) in [6.07, 6.45) is 17.7. The summed E-state index contributed by atoms with van der Waals surface area (Å²) in [4.78, 5) is 15.5. The number of fused-ring (bicyclic) bond motifs is 4. The number of ether oxygens (including phenoxy) is 8. The molecule has 2 aromatic carbocycles. The second-order valence-electron chi connectivity index (χ2n) is 24.8. The van der Waals surface area contributed by atoms with Gasteiger partial charge in [-0.25, -0.2) is 38.1 Å². The van der Waals surface area contributed by atoms with Gasteiger partial charge in [0, 0.05) is 13.2 Å². The van der Waals surface area contributed by atoms with E-state index in [1.54, 1.807) is 100 Å². The summed E-state index contributed by atoms with van der Waals surface area (Å²) in [5, 5.41) is 55.4. The maximum absolute atomic E-state index is 14.0. The minimum atomic E-state index is -4.29. The van der Waals surface area contributed by atoms with Gasteiger partial charge >= 0.3 is 15.5 Å². The van der Waals surface area contributed by atoms with Crippen LogP contribution in [-0.4, -0.2) is 170 Å². The van der Waals surface area contributed by atoms with Gasteiger partial charge in [-0.05, 0) is 89.1 Å². The minimum Gasteiger partial charge on any atom is -0.410 e. The van der Waals surface area contributed by atoms with E-state index in [9.17, 15) is 24.8 Å². The number of unbranched alkanes of at least 4 members (excludes halogenated alkanes) is 10. The number of hydrogen-bond acceptors (Lipinski definition) is 28. The molecule has 6 N–H and O–H groups in total. The number of rotatable bonds is 32. The Kier molecular flexibility index (Phi) is 28.1. The zero-order valence-corrected chi connectivity index (χ0v) is 61.0. The molecule has 1 unspecified atom stereocenters. The maximum atomic E-state index is 14.0. The van der Waals surface area contributed by atoms with E-state index in [4.69, 9.17) is 95.8 Å². The van der Waals surface area contributed by atoms with Crippen LogP contribution in [0.2, 0.25) is 10.0 Å². The van der Waals surface area contributed by atoms with Crippen molar-refractivity contribution in [3.63, 3.8) is 0 Å². The second kappa shape index (κ2) is 36.4. The van der Waals surface area contributed by atoms with E-state index >= 15 is 0 Å². The highest BCUT2D eigenvalue weighted by atomic mass is 35.5. The number of aliphatic hydroxyl groups is 2. The zero-order chi connectivity index (χ0) is 73.0. The van der Waals surface area contributed by atoms with E-state index in [1.165, 1.54) is 105 Å². The largest absolute Gasteiger partial charge is 0.530 e. The van der Waals surface area contributed by atoms with Crippen molar-refractivity contribution in [1.29, 1.82) is 10.5 Å². The van der Waals surface area contributed by atoms with E-state index in [0.29, 0.717) is 46.5 Å². The number of nitrogens with two attached hydrogens (primary N) is 2. The third kappa shape index (κ3) is 19.0. The van der Waals surface area contributed by atoms with Crippen molar-refractivity contribution >= 4 is 61.4 Å². The SMILES string of the molecule is CC1(C)O[C@H]2[C@@H](O1)[C@](C#N)(c1ccc3c(N)ncnn13)O[C@@H]2CO.CCCCCCCCOCCO.CCCCCCCCOCCOP(=O)(OC[C@H]1O[C@@](C#N)(c2ccc3c(N)ncnn23)[C@@H]2OC(C)(C)O[C@@H]21)Oc1ccccc1Cl.O=P(Oc1ccccc1Cl)(n1cncn1)n1cncn1. The number of para-hydroxylation sites is 2. The fourth-order valence-corrected chi connectivity index (χ4v) is 14.9. The van der Waals surface area contributed by atoms with Crippen LogP contribution in [0.1, 0.15) is 130 Å². The molecule has 4 saturated heterocycles. The molecule has 552 valence electrons. The molecule has 12 rings (SSSR count). The predicted molar refractivity (Wildman–Crippen MR) is 371 cm³/mol. The molecule has 6 aromatic heterocycles. The molecule has 36 heteroatoms. The first-order valence-corrected chi connectivity index (χ1v) is 37.4. The lowest BCUT2D eigenvalue weighted by atomic mass is 9.92. The number of aromatic nitrogens is 12. The first-order valence-electron chi connectivity index (χ1n) is 33.7. The first kappa shape index (κ1) is 78.8. The highest BCUT2D eigenvalue weighted by Crippen LogP contribution is 2.55. The van der Waals surface area contributed by atoms with Crippen molar-refractivity contribution in [2.24, 2.45) is 0 Å². The third-order valence-electron chi connectivity index (χ3n) is 16.5. The highest BCUT2D eigenvalue weighted by Gasteiger charge is 2.67. The van der Waals surface area contributed by atoms with E-state index in [1.807, 2.05) is 0 Å². The van der Waals surface area contributed by atoms with Crippen LogP contribution < -0.4 is 20.5 Å². The summed E-state index contributed by atoms with van der Waals surface area (Å²) in [7, 11) is -7.96. The van der Waals surface area contributed by atoms with Gasteiger partial charge in [0.1, 0.15) is 109 Å². The summed E-state index contributed by atoms with van der Waals surface area (Å²) in [5.41, 5.74) is 10.6. The van der Waals surface area contributed by atoms with Gasteiger partial charge in [-0.2, -0.15) is 20.7 Å². The molecule has 8 aromatic rings. The smallest absolute Gasteiger partial charge is 0.410 e. The van der Waals surface area contributed by atoms with Crippen LogP contribution in [0.5, 0.6) is 11.5 Å². The van der Waals surface area contributed by atoms with E-state index in [2.05, 4.69) is 66.3 Å². The van der Waals surface area contributed by atoms with Gasteiger partial charge in [0.05, 0.1) is 61.1 Å². The van der Waals surface area contributed by atoms with E-state index in [0.717, 1.165) is 34.8 Å². The Morgan fingerprint density at radius 1 is 0.549 bits per heavy atom. The number of hydrogen-bond donors (Lipinski definition) is 4. The van der Waals surface area contributed by atoms with Crippen LogP contribution in [0.25, 0.3) is 11.0 Å². The molecule has 102 heavy (non-hydrogen) atoms. The molecular formula is C66H88Cl2N16O16P2. The number of benzene rings is 2. The molecule has 10 heterocycles. The number of nitrogens with zero attached hydrogens (tertiary/aromatic N) is 14. The van der Waals surface area contributed by atoms with Crippen molar-refractivity contribution in [2.45, 2.75) is 178 Å². The lowest BCUT2D eigenvalue weighted by Crippen LogP contribution is -2.40. The molecule has 0 saturated carbocycles. The lowest BCUT2D eigenvalue weighted by molar-refractivity contribution is -0.204. The van der Waals surface area contributed by atoms with Crippen LogP contribution in [0.4, 0.5) is 11.6 Å². The number of aliphatic hydroxyl groups excluding tert-OH is 2. The Hall–Kier alpha value is -7.30. The number of halogens is 2. The van der Waals surface area contributed by atoms with Gasteiger partial charge in [-0.15, -0.1) is 19.1 Å². The molecule has 4 aliphatic rings. The topological polar surface area (TPSA) is 407 Å². The second-order valence-corrected chi connectivity index (χ2v) is 29.2. The van der Waals surface area contributed by atoms with Crippen molar-refractivity contribution < 1.29 is 75.3 Å². The molecule has 0 radical (unpaired) electrons. The van der Waals surface area contributed by atoms with Crippen LogP contribution in [-0.2, 0) is 67.3 Å². The third-order valence-corrected chi connectivity index (χ3v) is 20.4. The molecule has 0 bridgehead atoms. The summed E-state index contributed by atoms with van der Waals surface area (Å²) >= 11 is 12.3. The molecule has 4 fully saturated rings. The van der Waals surface area contributed by atoms with Crippen molar-refractivity contribution in [3.05, 3.63) is 132 Å². The summed E-state index contributed by atoms with van der Waals surface area (Å²) in [6.45, 7) is 13.0. The average Bonchev–Trinajstić information content (AvgIpc) is 1.56. The molecule has 0 spiro atoms. The Bertz CT molecular complexity index is 4080. The van der Waals surface area contributed by atoms with Gasteiger partial charge < -0.3 is 68.6 Å². The van der Waals surface area contributed by atoms with Gasteiger partial charge in [0.15, 0.2) is 23.2 Å². The van der Waals surface area contributed by atoms with Crippen molar-refractivity contribution in [2.75, 3.05) is 64.3 Å². The molecular weight excluding hydrogens is 1410 g/mol. The van der Waals surface area contributed by atoms with Gasteiger partial charge in [0.25, 0.3) is 0 Å². The Morgan fingerprint density at radius 3 is 1.47 bits per heavy atom. The number of nitrogen functional groups attached to an aromatic ring is 2. The van der Waals surface area contributed by atoms with E-state index < -0.39 is 74.9 Å². The van der Waals surface area contributed by atoms with Crippen LogP contribution in [0, 0.1) is 22.7 Å². The summed E-state index contributed by atoms with van der Waals surface area (Å²) in [6, 6.07) is 24.5. The molecule has 0 aliphatic carbocycles. The van der Waals surface area contributed by atoms with Gasteiger partial charge in [0.2, 0.25) is 11.2 Å². The predicted octanol–water partition coefficient (Wildman–Crippen LogP) is 10.6. The quantitative estimate of drug-likeness (QED) is 0.0225. The molecule has 32 nitrogen and oxygen atoms in total. The van der Waals surface area contributed by atoms with Crippen LogP contribution in [0.15, 0.2) is 111 Å². The Balaban J connectivity index is 0.000000179.